The molecule has 0 fully saturated rings. The second-order valence-corrected chi connectivity index (χ2v) is 6.38. The van der Waals surface area contributed by atoms with Gasteiger partial charge in [0.1, 0.15) is 5.01 Å². The number of anilines is 1. The zero-order chi connectivity index (χ0) is 18.5. The summed E-state index contributed by atoms with van der Waals surface area (Å²) in [6.07, 6.45) is 1.30. The van der Waals surface area contributed by atoms with Crippen molar-refractivity contribution in [2.45, 2.75) is 13.0 Å². The van der Waals surface area contributed by atoms with E-state index in [1.165, 1.54) is 28.2 Å². The van der Waals surface area contributed by atoms with Crippen LogP contribution in [0.4, 0.5) is 11.4 Å². The molecule has 1 N–H and O–H groups in total. The number of nitrogens with zero attached hydrogens (tertiary/aromatic N) is 3. The molecule has 0 saturated carbocycles. The molecule has 9 heteroatoms. The number of carbonyl (C=O) groups is 1. The number of rotatable bonds is 6. The average molecular weight is 370 g/mol. The number of para-hydroxylation sites is 1. The maximum absolute atomic E-state index is 12.0. The molecule has 0 spiro atoms. The topological polar surface area (TPSA) is 107 Å². The van der Waals surface area contributed by atoms with Gasteiger partial charge in [0.05, 0.1) is 29.8 Å². The first-order valence-corrected chi connectivity index (χ1v) is 8.52. The first kappa shape index (κ1) is 17.5. The zero-order valence-electron chi connectivity index (χ0n) is 13.5. The van der Waals surface area contributed by atoms with E-state index >= 15 is 0 Å². The van der Waals surface area contributed by atoms with Crippen molar-refractivity contribution in [2.75, 3.05) is 5.32 Å². The Kier molecular flexibility index (Phi) is 5.18. The number of thiazole rings is 1. The quantitative estimate of drug-likeness (QED) is 0.530. The predicted octanol–water partition coefficient (Wildman–Crippen LogP) is 2.44. The van der Waals surface area contributed by atoms with Gasteiger partial charge in [0.25, 0.3) is 11.2 Å². The minimum atomic E-state index is -0.559. The molecule has 0 bridgehead atoms. The third kappa shape index (κ3) is 4.39. The molecular weight excluding hydrogens is 356 g/mol. The number of benzene rings is 1. The molecule has 0 aliphatic rings. The van der Waals surface area contributed by atoms with E-state index in [1.54, 1.807) is 17.5 Å². The van der Waals surface area contributed by atoms with Gasteiger partial charge in [0.2, 0.25) is 5.91 Å². The normalized spacial score (nSPS) is 10.5. The van der Waals surface area contributed by atoms with Crippen LogP contribution in [-0.4, -0.2) is 20.4 Å². The van der Waals surface area contributed by atoms with E-state index in [2.05, 4.69) is 10.3 Å². The minimum absolute atomic E-state index is 0.108. The first-order chi connectivity index (χ1) is 12.5. The second kappa shape index (κ2) is 7.70. The number of hydrogen-bond acceptors (Lipinski definition) is 6. The number of hydrogen-bond donors (Lipinski definition) is 1. The van der Waals surface area contributed by atoms with E-state index in [4.69, 9.17) is 0 Å². The van der Waals surface area contributed by atoms with Crippen LogP contribution in [0, 0.1) is 10.1 Å². The summed E-state index contributed by atoms with van der Waals surface area (Å²) >= 11 is 1.30. The van der Waals surface area contributed by atoms with Crippen molar-refractivity contribution >= 4 is 28.6 Å². The molecule has 0 aliphatic heterocycles. The van der Waals surface area contributed by atoms with E-state index in [0.717, 1.165) is 6.07 Å². The molecule has 1 aromatic carbocycles. The van der Waals surface area contributed by atoms with Crippen LogP contribution in [0.2, 0.25) is 0 Å². The Bertz CT molecular complexity index is 997. The van der Waals surface area contributed by atoms with Gasteiger partial charge in [-0.3, -0.25) is 19.7 Å². The summed E-state index contributed by atoms with van der Waals surface area (Å²) in [6.45, 7) is 0.108. The molecular formula is C17H14N4O4S. The van der Waals surface area contributed by atoms with Crippen LogP contribution < -0.4 is 10.9 Å². The Hall–Kier alpha value is -3.33. The molecule has 8 nitrogen and oxygen atoms in total. The molecule has 132 valence electrons. The molecule has 26 heavy (non-hydrogen) atoms. The summed E-state index contributed by atoms with van der Waals surface area (Å²) in [5.74, 6) is -0.190. The number of nitro groups is 1. The van der Waals surface area contributed by atoms with E-state index < -0.39 is 4.92 Å². The molecule has 0 radical (unpaired) electrons. The van der Waals surface area contributed by atoms with E-state index in [9.17, 15) is 19.7 Å². The summed E-state index contributed by atoms with van der Waals surface area (Å²) in [5, 5.41) is 15.9. The van der Waals surface area contributed by atoms with Crippen molar-refractivity contribution in [1.29, 1.82) is 0 Å². The van der Waals surface area contributed by atoms with Crippen LogP contribution in [0.15, 0.2) is 58.8 Å². The third-order valence-electron chi connectivity index (χ3n) is 3.48. The standard InChI is InChI=1S/C17H14N4O4S/c22-15(18-12-4-2-1-3-5-12)8-16-19-13(11-26-16)9-20-10-14(21(24)25)6-7-17(20)23/h1-7,10-11H,8-9H2,(H,18,22). The molecule has 0 unspecified atom stereocenters. The average Bonchev–Trinajstić information content (AvgIpc) is 3.04. The van der Waals surface area contributed by atoms with Crippen LogP contribution in [-0.2, 0) is 17.8 Å². The largest absolute Gasteiger partial charge is 0.326 e. The van der Waals surface area contributed by atoms with Gasteiger partial charge in [0, 0.05) is 23.2 Å². The molecule has 0 aliphatic carbocycles. The SMILES string of the molecule is O=C(Cc1nc(Cn2cc([N+](=O)[O-])ccc2=O)cs1)Nc1ccccc1. The van der Waals surface area contributed by atoms with Gasteiger partial charge in [-0.1, -0.05) is 18.2 Å². The van der Waals surface area contributed by atoms with E-state index in [1.807, 2.05) is 18.2 Å². The van der Waals surface area contributed by atoms with E-state index in [-0.39, 0.29) is 30.1 Å². The number of aromatic nitrogens is 2. The van der Waals surface area contributed by atoms with Gasteiger partial charge in [-0.05, 0) is 12.1 Å². The summed E-state index contributed by atoms with van der Waals surface area (Å²) < 4.78 is 1.22. The maximum Gasteiger partial charge on any atom is 0.285 e. The highest BCUT2D eigenvalue weighted by molar-refractivity contribution is 7.09. The van der Waals surface area contributed by atoms with Gasteiger partial charge in [-0.2, -0.15) is 0 Å². The predicted molar refractivity (Wildman–Crippen MR) is 97.3 cm³/mol. The summed E-state index contributed by atoms with van der Waals surface area (Å²) in [6, 6.07) is 11.4. The Morgan fingerprint density at radius 1 is 1.23 bits per heavy atom. The molecule has 0 atom stereocenters. The number of pyridine rings is 1. The van der Waals surface area contributed by atoms with Gasteiger partial charge >= 0.3 is 0 Å². The fourth-order valence-electron chi connectivity index (χ4n) is 2.29. The van der Waals surface area contributed by atoms with Crippen molar-refractivity contribution in [3.05, 3.63) is 85.2 Å². The van der Waals surface area contributed by atoms with Crippen molar-refractivity contribution in [2.24, 2.45) is 0 Å². The molecule has 2 aromatic heterocycles. The molecule has 0 saturated heterocycles. The van der Waals surface area contributed by atoms with Crippen LogP contribution in [0.25, 0.3) is 0 Å². The lowest BCUT2D eigenvalue weighted by molar-refractivity contribution is -0.385. The van der Waals surface area contributed by atoms with Crippen LogP contribution in [0.3, 0.4) is 0 Å². The minimum Gasteiger partial charge on any atom is -0.326 e. The highest BCUT2D eigenvalue weighted by Gasteiger charge is 2.11. The second-order valence-electron chi connectivity index (χ2n) is 5.43. The van der Waals surface area contributed by atoms with Crippen molar-refractivity contribution < 1.29 is 9.72 Å². The first-order valence-electron chi connectivity index (χ1n) is 7.64. The lowest BCUT2D eigenvalue weighted by Gasteiger charge is -2.03. The lowest BCUT2D eigenvalue weighted by atomic mass is 10.3. The molecule has 1 amide bonds. The molecule has 2 heterocycles. The van der Waals surface area contributed by atoms with Gasteiger partial charge in [0.15, 0.2) is 0 Å². The highest BCUT2D eigenvalue weighted by Crippen LogP contribution is 2.14. The summed E-state index contributed by atoms with van der Waals surface area (Å²) in [5.41, 5.74) is 0.756. The number of amides is 1. The highest BCUT2D eigenvalue weighted by atomic mass is 32.1. The van der Waals surface area contributed by atoms with Gasteiger partial charge in [-0.15, -0.1) is 11.3 Å². The maximum atomic E-state index is 12.0. The Labute approximate surface area is 151 Å². The van der Waals surface area contributed by atoms with Gasteiger partial charge in [-0.25, -0.2) is 4.98 Å². The summed E-state index contributed by atoms with van der Waals surface area (Å²) in [4.78, 5) is 38.5. The van der Waals surface area contributed by atoms with Crippen LogP contribution in [0.5, 0.6) is 0 Å². The Morgan fingerprint density at radius 2 is 2.00 bits per heavy atom. The lowest BCUT2D eigenvalue weighted by Crippen LogP contribution is -2.19. The molecule has 3 rings (SSSR count). The van der Waals surface area contributed by atoms with Gasteiger partial charge < -0.3 is 9.88 Å². The Morgan fingerprint density at radius 3 is 2.73 bits per heavy atom. The van der Waals surface area contributed by atoms with Crippen molar-refractivity contribution in [3.63, 3.8) is 0 Å². The number of carbonyl (C=O) groups excluding carboxylic acids is 1. The monoisotopic (exact) mass is 370 g/mol. The van der Waals surface area contributed by atoms with Crippen LogP contribution >= 0.6 is 11.3 Å². The van der Waals surface area contributed by atoms with Crippen molar-refractivity contribution in [1.82, 2.24) is 9.55 Å². The Balaban J connectivity index is 1.67. The third-order valence-corrected chi connectivity index (χ3v) is 4.38. The summed E-state index contributed by atoms with van der Waals surface area (Å²) in [7, 11) is 0. The fraction of sp³-hybridized carbons (Fsp3) is 0.118. The molecule has 3 aromatic rings. The van der Waals surface area contributed by atoms with Crippen molar-refractivity contribution in [3.8, 4) is 0 Å². The van der Waals surface area contributed by atoms with E-state index in [0.29, 0.717) is 16.4 Å². The fourth-order valence-corrected chi connectivity index (χ4v) is 3.08. The van der Waals surface area contributed by atoms with Crippen LogP contribution in [0.1, 0.15) is 10.7 Å². The zero-order valence-corrected chi connectivity index (χ0v) is 14.3. The number of nitrogens with one attached hydrogen (secondary N) is 1. The smallest absolute Gasteiger partial charge is 0.285 e.